The van der Waals surface area contributed by atoms with E-state index in [-0.39, 0.29) is 46.9 Å². The summed E-state index contributed by atoms with van der Waals surface area (Å²) in [4.78, 5) is 35.4. The van der Waals surface area contributed by atoms with Crippen molar-refractivity contribution in [2.24, 2.45) is 34.5 Å². The fraction of sp³-hybridized carbons (Fsp3) is 0.815. The van der Waals surface area contributed by atoms with E-state index in [1.54, 1.807) is 0 Å². The molecule has 4 aliphatic carbocycles. The van der Waals surface area contributed by atoms with Gasteiger partial charge < -0.3 is 14.2 Å². The van der Waals surface area contributed by atoms with E-state index in [0.717, 1.165) is 57.1 Å². The van der Waals surface area contributed by atoms with Crippen LogP contribution in [0.3, 0.4) is 0 Å². The van der Waals surface area contributed by atoms with Crippen molar-refractivity contribution in [2.45, 2.75) is 105 Å². The van der Waals surface area contributed by atoms with Crippen LogP contribution in [0.25, 0.3) is 0 Å². The quantitative estimate of drug-likeness (QED) is 0.416. The molecule has 0 spiro atoms. The smallest absolute Gasteiger partial charge is 0.307 e. The van der Waals surface area contributed by atoms with Crippen LogP contribution in [0.5, 0.6) is 0 Å². The molecule has 4 aliphatic rings. The highest BCUT2D eigenvalue weighted by Crippen LogP contribution is 2.67. The predicted octanol–water partition coefficient (Wildman–Crippen LogP) is 5.34. The van der Waals surface area contributed by atoms with Gasteiger partial charge in [-0.25, -0.2) is 0 Å². The maximum Gasteiger partial charge on any atom is 0.307 e. The number of hydrogen-bond donors (Lipinski definition) is 0. The van der Waals surface area contributed by atoms with Crippen molar-refractivity contribution in [1.82, 2.24) is 0 Å². The summed E-state index contributed by atoms with van der Waals surface area (Å²) in [5, 5.41) is 0. The number of allylic oxidation sites excluding steroid dienone is 2. The van der Waals surface area contributed by atoms with Crippen molar-refractivity contribution in [2.75, 3.05) is 0 Å². The van der Waals surface area contributed by atoms with Crippen molar-refractivity contribution < 1.29 is 28.6 Å². The molecule has 0 aromatic heterocycles. The first kappa shape index (κ1) is 24.3. The average molecular weight is 461 g/mol. The van der Waals surface area contributed by atoms with Gasteiger partial charge in [-0.3, -0.25) is 14.4 Å². The number of carbonyl (C=O) groups is 3. The highest BCUT2D eigenvalue weighted by molar-refractivity contribution is 5.68. The summed E-state index contributed by atoms with van der Waals surface area (Å²) >= 11 is 0. The minimum Gasteiger partial charge on any atom is -0.463 e. The SMILES string of the molecule is CC(=O)OC1=C2C(CCC3CC(OC(C)=O)CCC23C)C2CCC(C(C)OC(C)=O)C2(C)C1. The molecule has 6 heteroatoms. The van der Waals surface area contributed by atoms with Crippen molar-refractivity contribution in [3.8, 4) is 0 Å². The highest BCUT2D eigenvalue weighted by Gasteiger charge is 2.61. The van der Waals surface area contributed by atoms with Crippen LogP contribution < -0.4 is 0 Å². The van der Waals surface area contributed by atoms with Crippen molar-refractivity contribution in [3.63, 3.8) is 0 Å². The summed E-state index contributed by atoms with van der Waals surface area (Å²) < 4.78 is 17.2. The molecule has 0 N–H and O–H groups in total. The van der Waals surface area contributed by atoms with Gasteiger partial charge in [0.25, 0.3) is 0 Å². The van der Waals surface area contributed by atoms with Gasteiger partial charge >= 0.3 is 17.9 Å². The first-order valence-electron chi connectivity index (χ1n) is 12.7. The van der Waals surface area contributed by atoms with Gasteiger partial charge in [-0.05, 0) is 86.0 Å². The number of carbonyl (C=O) groups excluding carboxylic acids is 3. The Morgan fingerprint density at radius 3 is 2.30 bits per heavy atom. The molecule has 0 aliphatic heterocycles. The van der Waals surface area contributed by atoms with E-state index in [0.29, 0.717) is 17.8 Å². The molecular weight excluding hydrogens is 420 g/mol. The van der Waals surface area contributed by atoms with E-state index in [2.05, 4.69) is 13.8 Å². The normalized spacial score (nSPS) is 40.7. The topological polar surface area (TPSA) is 78.9 Å². The van der Waals surface area contributed by atoms with Crippen LogP contribution in [0.4, 0.5) is 0 Å². The number of hydrogen-bond acceptors (Lipinski definition) is 6. The van der Waals surface area contributed by atoms with Crippen molar-refractivity contribution in [3.05, 3.63) is 11.3 Å². The Balaban J connectivity index is 1.70. The lowest BCUT2D eigenvalue weighted by atomic mass is 9.48. The monoisotopic (exact) mass is 460 g/mol. The molecule has 8 atom stereocenters. The van der Waals surface area contributed by atoms with Crippen LogP contribution in [0.2, 0.25) is 0 Å². The molecule has 6 nitrogen and oxygen atoms in total. The fourth-order valence-corrected chi connectivity index (χ4v) is 8.41. The second-order valence-electron chi connectivity index (χ2n) is 11.5. The molecule has 0 amide bonds. The fourth-order valence-electron chi connectivity index (χ4n) is 8.41. The van der Waals surface area contributed by atoms with E-state index in [4.69, 9.17) is 14.2 Å². The van der Waals surface area contributed by atoms with Crippen LogP contribution in [0, 0.1) is 34.5 Å². The molecule has 0 aromatic rings. The standard InChI is InChI=1S/C27H40O6/c1-15(31-16(2)28)22-9-10-23-21-8-7-19-13-20(32-17(3)29)11-12-26(19,5)25(21)24(33-18(4)30)14-27(22,23)6/h15,19-23H,7-14H2,1-6H3. The summed E-state index contributed by atoms with van der Waals surface area (Å²) in [5.74, 6) is 1.73. The Bertz CT molecular complexity index is 861. The van der Waals surface area contributed by atoms with Gasteiger partial charge in [-0.15, -0.1) is 0 Å². The van der Waals surface area contributed by atoms with E-state index < -0.39 is 0 Å². The van der Waals surface area contributed by atoms with E-state index >= 15 is 0 Å². The Hall–Kier alpha value is -1.85. The first-order valence-corrected chi connectivity index (χ1v) is 12.7. The summed E-state index contributed by atoms with van der Waals surface area (Å²) in [6.07, 6.45) is 7.56. The summed E-state index contributed by atoms with van der Waals surface area (Å²) in [6, 6.07) is 0. The van der Waals surface area contributed by atoms with Crippen LogP contribution in [0.1, 0.15) is 92.9 Å². The van der Waals surface area contributed by atoms with Gasteiger partial charge in [0, 0.05) is 33.1 Å². The lowest BCUT2D eigenvalue weighted by Crippen LogP contribution is -2.51. The van der Waals surface area contributed by atoms with Crippen LogP contribution >= 0.6 is 0 Å². The molecule has 0 saturated heterocycles. The summed E-state index contributed by atoms with van der Waals surface area (Å²) in [7, 11) is 0. The predicted molar refractivity (Wildman–Crippen MR) is 123 cm³/mol. The molecule has 0 radical (unpaired) electrons. The lowest BCUT2D eigenvalue weighted by Gasteiger charge is -2.57. The third-order valence-corrected chi connectivity index (χ3v) is 9.57. The zero-order valence-corrected chi connectivity index (χ0v) is 21.1. The van der Waals surface area contributed by atoms with Gasteiger partial charge in [-0.1, -0.05) is 13.8 Å². The second kappa shape index (κ2) is 8.74. The van der Waals surface area contributed by atoms with Gasteiger partial charge in [0.1, 0.15) is 18.0 Å². The number of esters is 3. The maximum absolute atomic E-state index is 12.2. The second-order valence-corrected chi connectivity index (χ2v) is 11.5. The minimum atomic E-state index is -0.264. The van der Waals surface area contributed by atoms with E-state index in [9.17, 15) is 14.4 Å². The van der Waals surface area contributed by atoms with Gasteiger partial charge in [0.2, 0.25) is 0 Å². The molecule has 8 unspecified atom stereocenters. The Morgan fingerprint density at radius 2 is 1.67 bits per heavy atom. The molecule has 0 aromatic carbocycles. The largest absolute Gasteiger partial charge is 0.463 e. The molecule has 0 heterocycles. The van der Waals surface area contributed by atoms with Gasteiger partial charge in [0.05, 0.1) is 0 Å². The third kappa shape index (κ3) is 4.23. The highest BCUT2D eigenvalue weighted by atomic mass is 16.5. The molecule has 0 bridgehead atoms. The Morgan fingerprint density at radius 1 is 0.939 bits per heavy atom. The number of ether oxygens (including phenoxy) is 3. The third-order valence-electron chi connectivity index (χ3n) is 9.57. The van der Waals surface area contributed by atoms with Crippen molar-refractivity contribution in [1.29, 1.82) is 0 Å². The molecule has 3 fully saturated rings. The van der Waals surface area contributed by atoms with Crippen LogP contribution in [-0.2, 0) is 28.6 Å². The van der Waals surface area contributed by atoms with Crippen molar-refractivity contribution >= 4 is 17.9 Å². The van der Waals surface area contributed by atoms with E-state index in [1.165, 1.54) is 26.3 Å². The molecule has 4 rings (SSSR count). The average Bonchev–Trinajstić information content (AvgIpc) is 3.03. The lowest BCUT2D eigenvalue weighted by molar-refractivity contribution is -0.154. The van der Waals surface area contributed by atoms with Crippen LogP contribution in [0.15, 0.2) is 11.3 Å². The molecule has 184 valence electrons. The van der Waals surface area contributed by atoms with E-state index in [1.807, 2.05) is 6.92 Å². The van der Waals surface area contributed by atoms with Gasteiger partial charge in [0.15, 0.2) is 0 Å². The maximum atomic E-state index is 12.2. The number of rotatable bonds is 4. The Labute approximate surface area is 197 Å². The van der Waals surface area contributed by atoms with Gasteiger partial charge in [-0.2, -0.15) is 0 Å². The molecule has 33 heavy (non-hydrogen) atoms. The number of fused-ring (bicyclic) bond motifs is 5. The van der Waals surface area contributed by atoms with Crippen LogP contribution in [-0.4, -0.2) is 30.1 Å². The Kier molecular flexibility index (Phi) is 6.43. The zero-order valence-electron chi connectivity index (χ0n) is 21.1. The summed E-state index contributed by atoms with van der Waals surface area (Å²) in [6.45, 7) is 11.1. The minimum absolute atomic E-state index is 0.0100. The molecular formula is C27H40O6. The summed E-state index contributed by atoms with van der Waals surface area (Å²) in [5.41, 5.74) is 1.26. The first-order chi connectivity index (χ1) is 15.5. The molecule has 3 saturated carbocycles. The zero-order chi connectivity index (χ0) is 24.1.